The molecule has 0 saturated carbocycles. The molecule has 4 nitrogen and oxygen atoms in total. The van der Waals surface area contributed by atoms with Crippen molar-refractivity contribution in [3.8, 4) is 5.75 Å². The molecule has 0 radical (unpaired) electrons. The van der Waals surface area contributed by atoms with E-state index in [4.69, 9.17) is 4.74 Å². The second kappa shape index (κ2) is 7.73. The summed E-state index contributed by atoms with van der Waals surface area (Å²) >= 11 is 5.00. The lowest BCUT2D eigenvalue weighted by molar-refractivity contribution is 0.106. The van der Waals surface area contributed by atoms with Gasteiger partial charge in [-0.15, -0.1) is 11.3 Å². The predicted octanol–water partition coefficient (Wildman–Crippen LogP) is 2.74. The maximum atomic E-state index is 9.85. The van der Waals surface area contributed by atoms with Crippen LogP contribution in [0.4, 0.5) is 0 Å². The zero-order valence-electron chi connectivity index (χ0n) is 11.2. The minimum atomic E-state index is -0.546. The number of thiazole rings is 1. The Bertz CT molecular complexity index is 547. The van der Waals surface area contributed by atoms with Gasteiger partial charge >= 0.3 is 0 Å². The molecule has 0 spiro atoms. The highest BCUT2D eigenvalue weighted by molar-refractivity contribution is 9.10. The smallest absolute Gasteiger partial charge is 0.120 e. The van der Waals surface area contributed by atoms with Crippen LogP contribution in [0, 0.1) is 6.92 Å². The van der Waals surface area contributed by atoms with Crippen molar-refractivity contribution >= 4 is 27.3 Å². The zero-order chi connectivity index (χ0) is 14.4. The van der Waals surface area contributed by atoms with Crippen LogP contribution in [0.25, 0.3) is 0 Å². The van der Waals surface area contributed by atoms with Gasteiger partial charge in [0.25, 0.3) is 0 Å². The summed E-state index contributed by atoms with van der Waals surface area (Å²) in [7, 11) is 0. The zero-order valence-corrected chi connectivity index (χ0v) is 13.6. The van der Waals surface area contributed by atoms with E-state index in [0.29, 0.717) is 13.1 Å². The fraction of sp³-hybridized carbons (Fsp3) is 0.357. The van der Waals surface area contributed by atoms with E-state index in [-0.39, 0.29) is 6.61 Å². The lowest BCUT2D eigenvalue weighted by Crippen LogP contribution is -2.31. The minimum absolute atomic E-state index is 0.264. The maximum absolute atomic E-state index is 9.85. The van der Waals surface area contributed by atoms with Crippen molar-refractivity contribution in [1.29, 1.82) is 0 Å². The molecule has 108 valence electrons. The molecule has 0 aliphatic heterocycles. The third-order valence-electron chi connectivity index (χ3n) is 2.56. The molecule has 0 amide bonds. The van der Waals surface area contributed by atoms with E-state index in [1.165, 1.54) is 0 Å². The maximum Gasteiger partial charge on any atom is 0.120 e. The highest BCUT2D eigenvalue weighted by Crippen LogP contribution is 2.17. The third-order valence-corrected chi connectivity index (χ3v) is 4.02. The Hall–Kier alpha value is -0.950. The van der Waals surface area contributed by atoms with Gasteiger partial charge in [0.05, 0.1) is 0 Å². The van der Waals surface area contributed by atoms with Gasteiger partial charge in [-0.3, -0.25) is 0 Å². The topological polar surface area (TPSA) is 54.4 Å². The minimum Gasteiger partial charge on any atom is -0.491 e. The largest absolute Gasteiger partial charge is 0.491 e. The van der Waals surface area contributed by atoms with Gasteiger partial charge in [-0.2, -0.15) is 0 Å². The summed E-state index contributed by atoms with van der Waals surface area (Å²) in [4.78, 5) is 4.35. The number of ether oxygens (including phenoxy) is 1. The molecule has 0 saturated heterocycles. The molecule has 0 fully saturated rings. The van der Waals surface area contributed by atoms with Gasteiger partial charge in [0, 0.05) is 28.6 Å². The van der Waals surface area contributed by atoms with Crippen molar-refractivity contribution in [3.63, 3.8) is 0 Å². The first-order valence-electron chi connectivity index (χ1n) is 6.31. The number of aryl methyl sites for hydroxylation is 1. The standard InChI is InChI=1S/C14H17BrN2O2S/c1-10-9-20-14(17-10)7-16-6-12(18)8-19-13-4-2-3-11(15)5-13/h2-5,9,12,16,18H,6-8H2,1H3. The summed E-state index contributed by atoms with van der Waals surface area (Å²) in [5, 5.41) is 16.1. The van der Waals surface area contributed by atoms with Crippen LogP contribution in [-0.2, 0) is 6.54 Å². The van der Waals surface area contributed by atoms with Crippen LogP contribution in [-0.4, -0.2) is 29.3 Å². The van der Waals surface area contributed by atoms with Crippen molar-refractivity contribution in [2.75, 3.05) is 13.2 Å². The Balaban J connectivity index is 1.66. The van der Waals surface area contributed by atoms with Crippen molar-refractivity contribution in [3.05, 3.63) is 44.8 Å². The Morgan fingerprint density at radius 1 is 1.50 bits per heavy atom. The van der Waals surface area contributed by atoms with E-state index < -0.39 is 6.10 Å². The van der Waals surface area contributed by atoms with Crippen molar-refractivity contribution in [2.24, 2.45) is 0 Å². The molecule has 1 atom stereocenters. The first kappa shape index (κ1) is 15.4. The molecular formula is C14H17BrN2O2S. The molecule has 1 unspecified atom stereocenters. The molecule has 1 aromatic heterocycles. The predicted molar refractivity (Wildman–Crippen MR) is 84.2 cm³/mol. The number of benzene rings is 1. The number of nitrogens with zero attached hydrogens (tertiary/aromatic N) is 1. The number of aliphatic hydroxyl groups excluding tert-OH is 1. The molecule has 2 N–H and O–H groups in total. The van der Waals surface area contributed by atoms with E-state index in [2.05, 4.69) is 26.2 Å². The summed E-state index contributed by atoms with van der Waals surface area (Å²) in [5.41, 5.74) is 1.03. The molecule has 20 heavy (non-hydrogen) atoms. The van der Waals surface area contributed by atoms with Crippen molar-refractivity contribution in [2.45, 2.75) is 19.6 Å². The monoisotopic (exact) mass is 356 g/mol. The van der Waals surface area contributed by atoms with E-state index in [1.54, 1.807) is 11.3 Å². The summed E-state index contributed by atoms with van der Waals surface area (Å²) in [6.45, 7) is 3.39. The van der Waals surface area contributed by atoms with E-state index in [0.717, 1.165) is 20.9 Å². The van der Waals surface area contributed by atoms with Crippen molar-refractivity contribution < 1.29 is 9.84 Å². The Morgan fingerprint density at radius 2 is 2.35 bits per heavy atom. The Morgan fingerprint density at radius 3 is 3.05 bits per heavy atom. The van der Waals surface area contributed by atoms with Gasteiger partial charge in [0.2, 0.25) is 0 Å². The molecule has 1 aromatic carbocycles. The fourth-order valence-electron chi connectivity index (χ4n) is 1.64. The first-order valence-corrected chi connectivity index (χ1v) is 7.99. The van der Waals surface area contributed by atoms with Crippen LogP contribution in [0.1, 0.15) is 10.7 Å². The normalized spacial score (nSPS) is 12.3. The number of hydrogen-bond acceptors (Lipinski definition) is 5. The molecule has 2 aromatic rings. The van der Waals surface area contributed by atoms with Crippen LogP contribution in [0.15, 0.2) is 34.1 Å². The van der Waals surface area contributed by atoms with Crippen LogP contribution in [0.5, 0.6) is 5.75 Å². The second-order valence-electron chi connectivity index (χ2n) is 4.44. The lowest BCUT2D eigenvalue weighted by Gasteiger charge is -2.13. The van der Waals surface area contributed by atoms with Crippen LogP contribution >= 0.6 is 27.3 Å². The average Bonchev–Trinajstić information content (AvgIpc) is 2.82. The van der Waals surface area contributed by atoms with Gasteiger partial charge in [-0.1, -0.05) is 22.0 Å². The summed E-state index contributed by atoms with van der Waals surface area (Å²) in [5.74, 6) is 0.744. The molecule has 2 rings (SSSR count). The van der Waals surface area contributed by atoms with Crippen LogP contribution in [0.2, 0.25) is 0 Å². The van der Waals surface area contributed by atoms with E-state index >= 15 is 0 Å². The highest BCUT2D eigenvalue weighted by Gasteiger charge is 2.06. The van der Waals surface area contributed by atoms with Crippen LogP contribution in [0.3, 0.4) is 0 Å². The molecule has 0 bridgehead atoms. The number of halogens is 1. The first-order chi connectivity index (χ1) is 9.63. The van der Waals surface area contributed by atoms with Crippen LogP contribution < -0.4 is 10.1 Å². The molecule has 6 heteroatoms. The van der Waals surface area contributed by atoms with Gasteiger partial charge in [-0.25, -0.2) is 4.98 Å². The van der Waals surface area contributed by atoms with Crippen molar-refractivity contribution in [1.82, 2.24) is 10.3 Å². The van der Waals surface area contributed by atoms with Gasteiger partial charge < -0.3 is 15.2 Å². The third kappa shape index (κ3) is 5.20. The number of hydrogen-bond donors (Lipinski definition) is 2. The van der Waals surface area contributed by atoms with Gasteiger partial charge in [0.1, 0.15) is 23.5 Å². The Labute approximate surface area is 130 Å². The van der Waals surface area contributed by atoms with E-state index in [1.807, 2.05) is 36.6 Å². The highest BCUT2D eigenvalue weighted by atomic mass is 79.9. The number of aliphatic hydroxyl groups is 1. The molecule has 1 heterocycles. The fourth-order valence-corrected chi connectivity index (χ4v) is 2.76. The van der Waals surface area contributed by atoms with E-state index in [9.17, 15) is 5.11 Å². The summed E-state index contributed by atoms with van der Waals surface area (Å²) in [6.07, 6.45) is -0.546. The number of rotatable bonds is 7. The second-order valence-corrected chi connectivity index (χ2v) is 6.29. The molecular weight excluding hydrogens is 340 g/mol. The Kier molecular flexibility index (Phi) is 5.97. The van der Waals surface area contributed by atoms with Gasteiger partial charge in [0.15, 0.2) is 0 Å². The molecule has 0 aliphatic rings. The number of nitrogens with one attached hydrogen (secondary N) is 1. The quantitative estimate of drug-likeness (QED) is 0.800. The molecule has 0 aliphatic carbocycles. The summed E-state index contributed by atoms with van der Waals surface area (Å²) < 4.78 is 6.48. The lowest BCUT2D eigenvalue weighted by atomic mass is 10.3. The SMILES string of the molecule is Cc1csc(CNCC(O)COc2cccc(Br)c2)n1. The van der Waals surface area contributed by atoms with Gasteiger partial charge in [-0.05, 0) is 25.1 Å². The summed E-state index contributed by atoms with van der Waals surface area (Å²) in [6, 6.07) is 7.57. The number of aromatic nitrogens is 1. The average molecular weight is 357 g/mol.